The lowest BCUT2D eigenvalue weighted by atomic mass is 10.1. The van der Waals surface area contributed by atoms with Gasteiger partial charge in [0.05, 0.1) is 13.0 Å². The fourth-order valence-electron chi connectivity index (χ4n) is 0.980. The van der Waals surface area contributed by atoms with Crippen LogP contribution in [0, 0.1) is 0 Å². The van der Waals surface area contributed by atoms with E-state index in [-0.39, 0.29) is 12.1 Å². The molecule has 1 saturated heterocycles. The van der Waals surface area contributed by atoms with Crippen LogP contribution in [0.15, 0.2) is 4.99 Å². The first kappa shape index (κ1) is 11.7. The zero-order valence-corrected chi connectivity index (χ0v) is 8.93. The number of halogens is 3. The van der Waals surface area contributed by atoms with E-state index in [0.29, 0.717) is 5.17 Å². The minimum atomic E-state index is -4.11. The van der Waals surface area contributed by atoms with Crippen molar-refractivity contribution in [2.45, 2.75) is 32.0 Å². The lowest BCUT2D eigenvalue weighted by Crippen LogP contribution is -2.37. The summed E-state index contributed by atoms with van der Waals surface area (Å²) in [6.45, 7) is 3.80. The summed E-state index contributed by atoms with van der Waals surface area (Å²) in [7, 11) is 0. The molecular weight excluding hydrogens is 213 g/mol. The van der Waals surface area contributed by atoms with Crippen LogP contribution in [0.25, 0.3) is 0 Å². The lowest BCUT2D eigenvalue weighted by molar-refractivity contribution is -0.132. The van der Waals surface area contributed by atoms with Crippen molar-refractivity contribution in [2.24, 2.45) is 4.99 Å². The third-order valence-corrected chi connectivity index (χ3v) is 3.04. The van der Waals surface area contributed by atoms with E-state index in [1.807, 2.05) is 13.8 Å². The Balaban J connectivity index is 2.34. The molecule has 0 aromatic carbocycles. The first-order valence-electron chi connectivity index (χ1n) is 4.31. The molecule has 0 amide bonds. The van der Waals surface area contributed by atoms with Crippen LogP contribution in [0.4, 0.5) is 13.2 Å². The number of hydrogen-bond donors (Lipinski definition) is 1. The molecule has 1 rings (SSSR count). The molecule has 0 unspecified atom stereocenters. The quantitative estimate of drug-likeness (QED) is 0.782. The Morgan fingerprint density at radius 2 is 2.14 bits per heavy atom. The second-order valence-electron chi connectivity index (χ2n) is 3.85. The van der Waals surface area contributed by atoms with Crippen molar-refractivity contribution in [2.75, 3.05) is 12.3 Å². The van der Waals surface area contributed by atoms with Crippen LogP contribution in [-0.2, 0) is 0 Å². The van der Waals surface area contributed by atoms with E-state index >= 15 is 0 Å². The Morgan fingerprint density at radius 3 is 2.57 bits per heavy atom. The second kappa shape index (κ2) is 4.00. The highest BCUT2D eigenvalue weighted by Gasteiger charge is 2.29. The molecule has 1 aliphatic rings. The van der Waals surface area contributed by atoms with Crippen molar-refractivity contribution in [1.82, 2.24) is 5.32 Å². The van der Waals surface area contributed by atoms with E-state index < -0.39 is 12.6 Å². The molecule has 1 fully saturated rings. The van der Waals surface area contributed by atoms with Crippen LogP contribution in [-0.4, -0.2) is 29.2 Å². The van der Waals surface area contributed by atoms with Gasteiger partial charge in [0.25, 0.3) is 0 Å². The van der Waals surface area contributed by atoms with Crippen LogP contribution in [0.2, 0.25) is 0 Å². The highest BCUT2D eigenvalue weighted by molar-refractivity contribution is 8.14. The number of nitrogens with zero attached hydrogens (tertiary/aromatic N) is 1. The predicted molar refractivity (Wildman–Crippen MR) is 52.6 cm³/mol. The van der Waals surface area contributed by atoms with Crippen LogP contribution >= 0.6 is 11.8 Å². The fourth-order valence-corrected chi connectivity index (χ4v) is 2.08. The van der Waals surface area contributed by atoms with E-state index in [4.69, 9.17) is 0 Å². The summed E-state index contributed by atoms with van der Waals surface area (Å²) >= 11 is 1.47. The molecule has 0 aliphatic carbocycles. The molecule has 0 saturated carbocycles. The average Bonchev–Trinajstić information content (AvgIpc) is 2.27. The van der Waals surface area contributed by atoms with Gasteiger partial charge in [-0.1, -0.05) is 11.8 Å². The SMILES string of the molecule is CC1(C)CSC(=NCCC(F)(F)F)N1. The zero-order valence-electron chi connectivity index (χ0n) is 8.11. The summed E-state index contributed by atoms with van der Waals surface area (Å²) in [5.41, 5.74) is -0.0538. The Bertz CT molecular complexity index is 235. The first-order valence-corrected chi connectivity index (χ1v) is 5.29. The van der Waals surface area contributed by atoms with Gasteiger partial charge in [-0.15, -0.1) is 0 Å². The van der Waals surface area contributed by atoms with E-state index in [1.54, 1.807) is 0 Å². The van der Waals surface area contributed by atoms with Gasteiger partial charge < -0.3 is 5.32 Å². The molecule has 1 N–H and O–H groups in total. The maximum Gasteiger partial charge on any atom is 0.390 e. The van der Waals surface area contributed by atoms with Gasteiger partial charge in [-0.2, -0.15) is 13.2 Å². The van der Waals surface area contributed by atoms with Gasteiger partial charge in [0.2, 0.25) is 0 Å². The molecule has 82 valence electrons. The Hall–Kier alpha value is -0.390. The average molecular weight is 226 g/mol. The number of thioether (sulfide) groups is 1. The van der Waals surface area contributed by atoms with Crippen LogP contribution in [0.1, 0.15) is 20.3 Å². The monoisotopic (exact) mass is 226 g/mol. The number of alkyl halides is 3. The lowest BCUT2D eigenvalue weighted by Gasteiger charge is -2.15. The number of amidine groups is 1. The van der Waals surface area contributed by atoms with Gasteiger partial charge in [-0.05, 0) is 13.8 Å². The largest absolute Gasteiger partial charge is 0.390 e. The molecule has 0 bridgehead atoms. The normalized spacial score (nSPS) is 23.9. The maximum absolute atomic E-state index is 11.8. The molecule has 0 atom stereocenters. The number of rotatable bonds is 2. The minimum absolute atomic E-state index is 0.0538. The molecule has 1 aliphatic heterocycles. The third-order valence-electron chi connectivity index (χ3n) is 1.67. The van der Waals surface area contributed by atoms with Crippen LogP contribution < -0.4 is 5.32 Å². The molecule has 1 heterocycles. The highest BCUT2D eigenvalue weighted by Crippen LogP contribution is 2.23. The molecular formula is C8H13F3N2S. The van der Waals surface area contributed by atoms with Crippen LogP contribution in [0.5, 0.6) is 0 Å². The van der Waals surface area contributed by atoms with Gasteiger partial charge in [-0.3, -0.25) is 4.99 Å². The summed E-state index contributed by atoms with van der Waals surface area (Å²) in [6.07, 6.45) is -4.96. The van der Waals surface area contributed by atoms with Gasteiger partial charge in [0.15, 0.2) is 5.17 Å². The van der Waals surface area contributed by atoms with Crippen molar-refractivity contribution >= 4 is 16.9 Å². The van der Waals surface area contributed by atoms with Crippen molar-refractivity contribution in [3.8, 4) is 0 Å². The first-order chi connectivity index (χ1) is 6.29. The summed E-state index contributed by atoms with van der Waals surface area (Å²) in [6, 6.07) is 0. The number of nitrogens with one attached hydrogen (secondary N) is 1. The van der Waals surface area contributed by atoms with Crippen LogP contribution in [0.3, 0.4) is 0 Å². The molecule has 0 aromatic rings. The molecule has 14 heavy (non-hydrogen) atoms. The van der Waals surface area contributed by atoms with E-state index in [9.17, 15) is 13.2 Å². The maximum atomic E-state index is 11.8. The highest BCUT2D eigenvalue weighted by atomic mass is 32.2. The van der Waals surface area contributed by atoms with Gasteiger partial charge in [0.1, 0.15) is 0 Å². The van der Waals surface area contributed by atoms with Gasteiger partial charge in [0, 0.05) is 11.3 Å². The van der Waals surface area contributed by atoms with Crippen molar-refractivity contribution in [1.29, 1.82) is 0 Å². The molecule has 2 nitrogen and oxygen atoms in total. The zero-order chi connectivity index (χ0) is 10.8. The van der Waals surface area contributed by atoms with Gasteiger partial charge >= 0.3 is 6.18 Å². The summed E-state index contributed by atoms with van der Waals surface area (Å²) in [5, 5.41) is 3.69. The Labute approximate surface area is 85.4 Å². The van der Waals surface area contributed by atoms with E-state index in [1.165, 1.54) is 11.8 Å². The molecule has 0 radical (unpaired) electrons. The summed E-state index contributed by atoms with van der Waals surface area (Å²) < 4.78 is 35.4. The van der Waals surface area contributed by atoms with E-state index in [2.05, 4.69) is 10.3 Å². The Morgan fingerprint density at radius 1 is 1.50 bits per heavy atom. The van der Waals surface area contributed by atoms with Crippen molar-refractivity contribution in [3.05, 3.63) is 0 Å². The molecule has 0 spiro atoms. The third kappa shape index (κ3) is 4.21. The second-order valence-corrected chi connectivity index (χ2v) is 4.81. The van der Waals surface area contributed by atoms with E-state index in [0.717, 1.165) is 5.75 Å². The standard InChI is InChI=1S/C8H13F3N2S/c1-7(2)5-14-6(13-7)12-4-3-8(9,10)11/h3-5H2,1-2H3,(H,12,13). The molecule has 6 heteroatoms. The fraction of sp³-hybridized carbons (Fsp3) is 0.875. The Kier molecular flexibility index (Phi) is 3.34. The smallest absolute Gasteiger partial charge is 0.359 e. The summed E-state index contributed by atoms with van der Waals surface area (Å²) in [4.78, 5) is 3.85. The molecule has 0 aromatic heterocycles. The number of aliphatic imine (C=N–C) groups is 1. The minimum Gasteiger partial charge on any atom is -0.359 e. The van der Waals surface area contributed by atoms with Crippen molar-refractivity contribution in [3.63, 3.8) is 0 Å². The van der Waals surface area contributed by atoms with Gasteiger partial charge in [-0.25, -0.2) is 0 Å². The number of hydrogen-bond acceptors (Lipinski definition) is 2. The van der Waals surface area contributed by atoms with Crippen molar-refractivity contribution < 1.29 is 13.2 Å². The topological polar surface area (TPSA) is 24.4 Å². The summed E-state index contributed by atoms with van der Waals surface area (Å²) in [5.74, 6) is 0.845. The predicted octanol–water partition coefficient (Wildman–Crippen LogP) is 2.41.